The first kappa shape index (κ1) is 18.5. The van der Waals surface area contributed by atoms with Crippen molar-refractivity contribution in [3.63, 3.8) is 0 Å². The lowest BCUT2D eigenvalue weighted by Gasteiger charge is -2.26. The number of benzene rings is 2. The molecule has 1 unspecified atom stereocenters. The monoisotopic (exact) mass is 402 g/mol. The molecular formula is C19H18N2O6S. The average Bonchev–Trinajstić information content (AvgIpc) is 3.11. The maximum absolute atomic E-state index is 12.4. The fourth-order valence-corrected chi connectivity index (χ4v) is 3.88. The van der Waals surface area contributed by atoms with E-state index in [1.54, 1.807) is 24.3 Å². The van der Waals surface area contributed by atoms with Crippen molar-refractivity contribution in [1.82, 2.24) is 9.78 Å². The van der Waals surface area contributed by atoms with Crippen LogP contribution in [0.1, 0.15) is 17.3 Å². The highest BCUT2D eigenvalue weighted by atomic mass is 32.2. The van der Waals surface area contributed by atoms with Crippen molar-refractivity contribution < 1.29 is 26.9 Å². The molecule has 0 fully saturated rings. The topological polar surface area (TPSA) is 96.7 Å². The normalized spacial score (nSPS) is 16.3. The molecule has 0 aliphatic carbocycles. The number of hydrogen-bond acceptors (Lipinski definition) is 7. The first-order chi connectivity index (χ1) is 13.3. The molecule has 0 saturated carbocycles. The number of carbonyl (C=O) groups is 1. The Labute approximate surface area is 161 Å². The predicted octanol–water partition coefficient (Wildman–Crippen LogP) is 2.55. The summed E-state index contributed by atoms with van der Waals surface area (Å²) in [4.78, 5) is 11.7. The Morgan fingerprint density at radius 1 is 1.25 bits per heavy atom. The Kier molecular flexibility index (Phi) is 4.56. The van der Waals surface area contributed by atoms with E-state index in [4.69, 9.17) is 13.7 Å². The van der Waals surface area contributed by atoms with Crippen molar-refractivity contribution in [2.24, 2.45) is 0 Å². The summed E-state index contributed by atoms with van der Waals surface area (Å²) in [6, 6.07) is 9.82. The first-order valence-electron chi connectivity index (χ1n) is 8.62. The minimum Gasteiger partial charge on any atom is -0.486 e. The maximum atomic E-state index is 12.4. The summed E-state index contributed by atoms with van der Waals surface area (Å²) in [5.74, 6) is 0.696. The van der Waals surface area contributed by atoms with Gasteiger partial charge in [-0.25, -0.2) is 4.68 Å². The second-order valence-corrected chi connectivity index (χ2v) is 8.12. The standard InChI is InChI=1S/C19H18N2O6S/c1-12-3-5-15(6-4-12)28(23,24)26-11-14-10-25-18-8-7-17-16(19(18)27-14)9-20-21(17)13(2)22/h3-9,14H,10-11H2,1-2H3. The first-order valence-corrected chi connectivity index (χ1v) is 10.0. The zero-order valence-corrected chi connectivity index (χ0v) is 16.1. The quantitative estimate of drug-likeness (QED) is 0.619. The number of rotatable bonds is 4. The van der Waals surface area contributed by atoms with E-state index in [0.717, 1.165) is 5.56 Å². The van der Waals surface area contributed by atoms with Crippen molar-refractivity contribution in [2.75, 3.05) is 13.2 Å². The highest BCUT2D eigenvalue weighted by Gasteiger charge is 2.27. The summed E-state index contributed by atoms with van der Waals surface area (Å²) >= 11 is 0. The van der Waals surface area contributed by atoms with Crippen LogP contribution in [-0.2, 0) is 14.3 Å². The van der Waals surface area contributed by atoms with Crippen LogP contribution in [0.4, 0.5) is 0 Å². The summed E-state index contributed by atoms with van der Waals surface area (Å²) in [6.07, 6.45) is 0.893. The zero-order chi connectivity index (χ0) is 19.9. The third-order valence-corrected chi connectivity index (χ3v) is 5.69. The zero-order valence-electron chi connectivity index (χ0n) is 15.3. The van der Waals surface area contributed by atoms with Crippen molar-refractivity contribution in [2.45, 2.75) is 24.8 Å². The number of ether oxygens (including phenoxy) is 2. The lowest BCUT2D eigenvalue weighted by molar-refractivity contribution is 0.0571. The van der Waals surface area contributed by atoms with Gasteiger partial charge in [-0.2, -0.15) is 13.5 Å². The molecular weight excluding hydrogens is 384 g/mol. The Morgan fingerprint density at radius 2 is 2.00 bits per heavy atom. The van der Waals surface area contributed by atoms with Crippen molar-refractivity contribution in [3.05, 3.63) is 48.2 Å². The fraction of sp³-hybridized carbons (Fsp3) is 0.263. The van der Waals surface area contributed by atoms with E-state index < -0.39 is 16.2 Å². The number of fused-ring (bicyclic) bond motifs is 3. The van der Waals surface area contributed by atoms with Crippen molar-refractivity contribution in [3.8, 4) is 11.5 Å². The Morgan fingerprint density at radius 3 is 2.71 bits per heavy atom. The van der Waals surface area contributed by atoms with Gasteiger partial charge in [0.1, 0.15) is 13.2 Å². The highest BCUT2D eigenvalue weighted by molar-refractivity contribution is 7.86. The van der Waals surface area contributed by atoms with Crippen molar-refractivity contribution in [1.29, 1.82) is 0 Å². The van der Waals surface area contributed by atoms with Crippen LogP contribution in [-0.4, -0.2) is 43.4 Å². The number of hydrogen-bond donors (Lipinski definition) is 0. The summed E-state index contributed by atoms with van der Waals surface area (Å²) in [5, 5.41) is 4.67. The van der Waals surface area contributed by atoms with Gasteiger partial charge in [0.05, 0.1) is 22.0 Å². The predicted molar refractivity (Wildman–Crippen MR) is 100 cm³/mol. The third kappa shape index (κ3) is 3.34. The van der Waals surface area contributed by atoms with E-state index >= 15 is 0 Å². The van der Waals surface area contributed by atoms with Gasteiger partial charge in [-0.1, -0.05) is 17.7 Å². The Hall–Kier alpha value is -2.91. The van der Waals surface area contributed by atoms with Crippen LogP contribution in [0.2, 0.25) is 0 Å². The summed E-state index contributed by atoms with van der Waals surface area (Å²) in [7, 11) is -3.90. The molecule has 1 atom stereocenters. The fourth-order valence-electron chi connectivity index (χ4n) is 2.95. The number of aryl methyl sites for hydroxylation is 1. The molecule has 1 aromatic heterocycles. The minimum atomic E-state index is -3.90. The van der Waals surface area contributed by atoms with E-state index in [1.165, 1.54) is 29.9 Å². The van der Waals surface area contributed by atoms with Gasteiger partial charge in [0.15, 0.2) is 17.6 Å². The summed E-state index contributed by atoms with van der Waals surface area (Å²) < 4.78 is 42.7. The third-order valence-electron chi connectivity index (χ3n) is 4.39. The lowest BCUT2D eigenvalue weighted by Crippen LogP contribution is -2.34. The van der Waals surface area contributed by atoms with Crippen LogP contribution in [0.5, 0.6) is 11.5 Å². The molecule has 0 saturated heterocycles. The molecule has 2 heterocycles. The van der Waals surface area contributed by atoms with Crippen LogP contribution in [0.15, 0.2) is 47.5 Å². The average molecular weight is 402 g/mol. The SMILES string of the molecule is CC(=O)n1ncc2c3c(ccc21)OCC(COS(=O)(=O)c1ccc(C)cc1)O3. The maximum Gasteiger partial charge on any atom is 0.297 e. The molecule has 4 rings (SSSR count). The van der Waals surface area contributed by atoms with E-state index in [1.807, 2.05) is 6.92 Å². The molecule has 8 nitrogen and oxygen atoms in total. The van der Waals surface area contributed by atoms with Gasteiger partial charge in [0.2, 0.25) is 5.91 Å². The van der Waals surface area contributed by atoms with E-state index in [-0.39, 0.29) is 24.0 Å². The molecule has 0 bridgehead atoms. The molecule has 0 radical (unpaired) electrons. The Balaban J connectivity index is 1.53. The van der Waals surface area contributed by atoms with Crippen LogP contribution in [0.3, 0.4) is 0 Å². The van der Waals surface area contributed by atoms with Gasteiger partial charge in [0.25, 0.3) is 10.1 Å². The van der Waals surface area contributed by atoms with Crippen LogP contribution in [0, 0.1) is 6.92 Å². The summed E-state index contributed by atoms with van der Waals surface area (Å²) in [5.41, 5.74) is 1.54. The van der Waals surface area contributed by atoms with Crippen LogP contribution < -0.4 is 9.47 Å². The smallest absolute Gasteiger partial charge is 0.297 e. The molecule has 146 valence electrons. The van der Waals surface area contributed by atoms with Crippen LogP contribution in [0.25, 0.3) is 10.9 Å². The van der Waals surface area contributed by atoms with Crippen molar-refractivity contribution >= 4 is 26.9 Å². The number of carbonyl (C=O) groups excluding carboxylic acids is 1. The van der Waals surface area contributed by atoms with Gasteiger partial charge in [0, 0.05) is 6.92 Å². The minimum absolute atomic E-state index is 0.0837. The molecule has 9 heteroatoms. The van der Waals surface area contributed by atoms with E-state index in [0.29, 0.717) is 22.4 Å². The van der Waals surface area contributed by atoms with Gasteiger partial charge in [-0.3, -0.25) is 8.98 Å². The molecule has 2 aromatic carbocycles. The van der Waals surface area contributed by atoms with Gasteiger partial charge in [-0.15, -0.1) is 0 Å². The second kappa shape index (κ2) is 6.92. The molecule has 1 aliphatic heterocycles. The summed E-state index contributed by atoms with van der Waals surface area (Å²) in [6.45, 7) is 3.22. The van der Waals surface area contributed by atoms with Gasteiger partial charge >= 0.3 is 0 Å². The largest absolute Gasteiger partial charge is 0.486 e. The van der Waals surface area contributed by atoms with Gasteiger partial charge < -0.3 is 9.47 Å². The molecule has 0 amide bonds. The highest BCUT2D eigenvalue weighted by Crippen LogP contribution is 2.38. The molecule has 0 spiro atoms. The Bertz CT molecular complexity index is 1150. The lowest BCUT2D eigenvalue weighted by atomic mass is 10.2. The second-order valence-electron chi connectivity index (χ2n) is 6.50. The molecule has 28 heavy (non-hydrogen) atoms. The molecule has 1 aliphatic rings. The van der Waals surface area contributed by atoms with Crippen LogP contribution >= 0.6 is 0 Å². The molecule has 0 N–H and O–H groups in total. The molecule has 3 aromatic rings. The number of nitrogens with zero attached hydrogens (tertiary/aromatic N) is 2. The number of aromatic nitrogens is 2. The van der Waals surface area contributed by atoms with E-state index in [2.05, 4.69) is 5.10 Å². The van der Waals surface area contributed by atoms with Gasteiger partial charge in [-0.05, 0) is 31.2 Å². The van der Waals surface area contributed by atoms with E-state index in [9.17, 15) is 13.2 Å².